The lowest BCUT2D eigenvalue weighted by atomic mass is 9.92. The van der Waals surface area contributed by atoms with Gasteiger partial charge < -0.3 is 10.1 Å². The van der Waals surface area contributed by atoms with E-state index in [1.54, 1.807) is 11.3 Å². The molecule has 2 aliphatic carbocycles. The predicted octanol–water partition coefficient (Wildman–Crippen LogP) is 2.93. The molecule has 126 valence electrons. The second-order valence-electron chi connectivity index (χ2n) is 6.74. The average molecular weight is 336 g/mol. The van der Waals surface area contributed by atoms with E-state index in [1.165, 1.54) is 7.11 Å². The second kappa shape index (κ2) is 6.59. The van der Waals surface area contributed by atoms with Crippen molar-refractivity contribution >= 4 is 23.2 Å². The third kappa shape index (κ3) is 3.13. The van der Waals surface area contributed by atoms with E-state index in [-0.39, 0.29) is 29.3 Å². The van der Waals surface area contributed by atoms with Gasteiger partial charge >= 0.3 is 5.97 Å². The summed E-state index contributed by atoms with van der Waals surface area (Å²) in [6.45, 7) is 1.98. The molecule has 0 spiro atoms. The summed E-state index contributed by atoms with van der Waals surface area (Å²) in [7, 11) is 1.40. The van der Waals surface area contributed by atoms with Crippen LogP contribution in [0.25, 0.3) is 0 Å². The number of carbonyl (C=O) groups excluding carboxylic acids is 2. The molecule has 3 rings (SSSR count). The summed E-state index contributed by atoms with van der Waals surface area (Å²) in [6, 6.07) is 0. The molecule has 0 aliphatic heterocycles. The number of aromatic nitrogens is 1. The summed E-state index contributed by atoms with van der Waals surface area (Å²) < 4.78 is 4.87. The summed E-state index contributed by atoms with van der Waals surface area (Å²) in [5, 5.41) is 6.32. The number of esters is 1. The fourth-order valence-corrected chi connectivity index (χ4v) is 4.99. The van der Waals surface area contributed by atoms with E-state index in [1.807, 2.05) is 12.3 Å². The number of amides is 1. The number of ether oxygens (including phenoxy) is 1. The molecule has 0 unspecified atom stereocenters. The molecule has 1 aromatic rings. The van der Waals surface area contributed by atoms with Gasteiger partial charge in [-0.1, -0.05) is 19.3 Å². The Labute approximate surface area is 140 Å². The Kier molecular flexibility index (Phi) is 4.71. The highest BCUT2D eigenvalue weighted by atomic mass is 32.1. The van der Waals surface area contributed by atoms with Crippen molar-refractivity contribution in [2.45, 2.75) is 57.4 Å². The van der Waals surface area contributed by atoms with Crippen LogP contribution in [0.3, 0.4) is 0 Å². The molecule has 2 fully saturated rings. The summed E-state index contributed by atoms with van der Waals surface area (Å²) in [5.41, 5.74) is 0.665. The van der Waals surface area contributed by atoms with Gasteiger partial charge in [-0.15, -0.1) is 11.3 Å². The van der Waals surface area contributed by atoms with Gasteiger partial charge in [0.1, 0.15) is 5.01 Å². The van der Waals surface area contributed by atoms with Gasteiger partial charge in [0.15, 0.2) is 0 Å². The van der Waals surface area contributed by atoms with E-state index < -0.39 is 0 Å². The van der Waals surface area contributed by atoms with Crippen LogP contribution in [0.2, 0.25) is 0 Å². The topological polar surface area (TPSA) is 68.3 Å². The van der Waals surface area contributed by atoms with Crippen molar-refractivity contribution in [3.8, 4) is 0 Å². The molecule has 0 radical (unpaired) electrons. The smallest absolute Gasteiger partial charge is 0.309 e. The van der Waals surface area contributed by atoms with Crippen LogP contribution in [0.1, 0.15) is 55.6 Å². The molecule has 2 aliphatic rings. The Morgan fingerprint density at radius 3 is 2.57 bits per heavy atom. The first-order valence-electron chi connectivity index (χ1n) is 8.38. The third-order valence-corrected chi connectivity index (χ3v) is 6.37. The molecule has 6 heteroatoms. The lowest BCUT2D eigenvalue weighted by Crippen LogP contribution is -2.47. The Hall–Kier alpha value is -1.43. The highest BCUT2D eigenvalue weighted by Gasteiger charge is 2.44. The van der Waals surface area contributed by atoms with Gasteiger partial charge in [-0.3, -0.25) is 9.59 Å². The third-order valence-electron chi connectivity index (χ3n) is 5.20. The number of thiazole rings is 1. The second-order valence-corrected chi connectivity index (χ2v) is 7.60. The van der Waals surface area contributed by atoms with E-state index in [2.05, 4.69) is 10.3 Å². The summed E-state index contributed by atoms with van der Waals surface area (Å²) in [4.78, 5) is 29.4. The van der Waals surface area contributed by atoms with Crippen LogP contribution in [0, 0.1) is 18.8 Å². The standard InChI is InChI=1S/C17H24N2O3S/c1-11-10-23-16(18-11)17(8-3-4-9-17)19-14(20)12-6-5-7-13(12)15(21)22-2/h10,12-13H,3-9H2,1-2H3,(H,19,20)/t12-,13+/m0/s1. The first-order chi connectivity index (χ1) is 11.1. The maximum Gasteiger partial charge on any atom is 0.309 e. The van der Waals surface area contributed by atoms with Gasteiger partial charge in [-0.25, -0.2) is 4.98 Å². The molecule has 5 nitrogen and oxygen atoms in total. The quantitative estimate of drug-likeness (QED) is 0.859. The van der Waals surface area contributed by atoms with Crippen molar-refractivity contribution in [3.63, 3.8) is 0 Å². The van der Waals surface area contributed by atoms with Gasteiger partial charge in [0.2, 0.25) is 5.91 Å². The zero-order chi connectivity index (χ0) is 16.4. The van der Waals surface area contributed by atoms with Crippen molar-refractivity contribution in [1.29, 1.82) is 0 Å². The first kappa shape index (κ1) is 16.4. The summed E-state index contributed by atoms with van der Waals surface area (Å²) >= 11 is 1.62. The molecule has 0 bridgehead atoms. The largest absolute Gasteiger partial charge is 0.469 e. The zero-order valence-electron chi connectivity index (χ0n) is 13.8. The van der Waals surface area contributed by atoms with E-state index in [0.717, 1.165) is 55.6 Å². The minimum Gasteiger partial charge on any atom is -0.469 e. The van der Waals surface area contributed by atoms with Gasteiger partial charge in [0, 0.05) is 11.1 Å². The highest BCUT2D eigenvalue weighted by Crippen LogP contribution is 2.41. The minimum atomic E-state index is -0.334. The Balaban J connectivity index is 1.78. The van der Waals surface area contributed by atoms with Crippen LogP contribution in [0.4, 0.5) is 0 Å². The van der Waals surface area contributed by atoms with E-state index >= 15 is 0 Å². The maximum absolute atomic E-state index is 12.9. The monoisotopic (exact) mass is 336 g/mol. The molecule has 1 N–H and O–H groups in total. The molecule has 1 aromatic heterocycles. The number of nitrogens with zero attached hydrogens (tertiary/aromatic N) is 1. The van der Waals surface area contributed by atoms with Crippen LogP contribution in [0.15, 0.2) is 5.38 Å². The predicted molar refractivity (Wildman–Crippen MR) is 88.0 cm³/mol. The van der Waals surface area contributed by atoms with Crippen LogP contribution in [-0.2, 0) is 19.9 Å². The van der Waals surface area contributed by atoms with Crippen molar-refractivity contribution < 1.29 is 14.3 Å². The van der Waals surface area contributed by atoms with E-state index in [9.17, 15) is 9.59 Å². The molecular weight excluding hydrogens is 312 g/mol. The maximum atomic E-state index is 12.9. The fourth-order valence-electron chi connectivity index (χ4n) is 3.98. The number of hydrogen-bond acceptors (Lipinski definition) is 5. The van der Waals surface area contributed by atoms with Crippen LogP contribution in [-0.4, -0.2) is 24.0 Å². The number of carbonyl (C=O) groups is 2. The van der Waals surface area contributed by atoms with Crippen LogP contribution in [0.5, 0.6) is 0 Å². The van der Waals surface area contributed by atoms with Crippen molar-refractivity contribution in [2.24, 2.45) is 11.8 Å². The molecule has 0 aromatic carbocycles. The lowest BCUT2D eigenvalue weighted by Gasteiger charge is -2.30. The van der Waals surface area contributed by atoms with Gasteiger partial charge in [-0.05, 0) is 32.6 Å². The van der Waals surface area contributed by atoms with E-state index in [4.69, 9.17) is 4.74 Å². The normalized spacial score (nSPS) is 26.2. The molecular formula is C17H24N2O3S. The number of hydrogen-bond donors (Lipinski definition) is 1. The van der Waals surface area contributed by atoms with Crippen molar-refractivity contribution in [3.05, 3.63) is 16.1 Å². The van der Waals surface area contributed by atoms with Crippen molar-refractivity contribution in [1.82, 2.24) is 10.3 Å². The number of rotatable bonds is 4. The zero-order valence-corrected chi connectivity index (χ0v) is 14.6. The molecule has 1 heterocycles. The van der Waals surface area contributed by atoms with Gasteiger partial charge in [0.25, 0.3) is 0 Å². The molecule has 0 saturated heterocycles. The summed E-state index contributed by atoms with van der Waals surface area (Å²) in [5.74, 6) is -0.821. The molecule has 1 amide bonds. The Bertz CT molecular complexity index is 592. The minimum absolute atomic E-state index is 0.00680. The van der Waals surface area contributed by atoms with Gasteiger partial charge in [-0.2, -0.15) is 0 Å². The first-order valence-corrected chi connectivity index (χ1v) is 9.26. The van der Waals surface area contributed by atoms with E-state index in [0.29, 0.717) is 0 Å². The number of aryl methyl sites for hydroxylation is 1. The van der Waals surface area contributed by atoms with Crippen LogP contribution >= 0.6 is 11.3 Å². The average Bonchev–Trinajstić information content (AvgIpc) is 3.26. The number of methoxy groups -OCH3 is 1. The summed E-state index contributed by atoms with van der Waals surface area (Å²) in [6.07, 6.45) is 6.48. The van der Waals surface area contributed by atoms with Crippen LogP contribution < -0.4 is 5.32 Å². The lowest BCUT2D eigenvalue weighted by molar-refractivity contribution is -0.149. The highest BCUT2D eigenvalue weighted by molar-refractivity contribution is 7.09. The van der Waals surface area contributed by atoms with Crippen molar-refractivity contribution in [2.75, 3.05) is 7.11 Å². The van der Waals surface area contributed by atoms with Gasteiger partial charge in [0.05, 0.1) is 24.5 Å². The SMILES string of the molecule is COC(=O)[C@@H]1CCC[C@@H]1C(=O)NC1(c2nc(C)cs2)CCCC1. The Morgan fingerprint density at radius 2 is 1.96 bits per heavy atom. The molecule has 23 heavy (non-hydrogen) atoms. The molecule has 2 atom stereocenters. The molecule has 2 saturated carbocycles. The Morgan fingerprint density at radius 1 is 1.26 bits per heavy atom. The fraction of sp³-hybridized carbons (Fsp3) is 0.706. The number of nitrogens with one attached hydrogen (secondary N) is 1.